The quantitative estimate of drug-likeness (QED) is 0.674. The van der Waals surface area contributed by atoms with Gasteiger partial charge in [-0.05, 0) is 79.7 Å². The molecule has 4 aliphatic carbocycles. The highest BCUT2D eigenvalue weighted by atomic mass is 16.5. The molecule has 0 aliphatic heterocycles. The number of carbonyl (C=O) groups is 1. The lowest BCUT2D eigenvalue weighted by atomic mass is 9.43. The zero-order valence-electron chi connectivity index (χ0n) is 19.4. The van der Waals surface area contributed by atoms with Crippen LogP contribution < -0.4 is 5.63 Å². The lowest BCUT2D eigenvalue weighted by Crippen LogP contribution is -2.62. The highest BCUT2D eigenvalue weighted by molar-refractivity contribution is 5.66. The van der Waals surface area contributed by atoms with Crippen molar-refractivity contribution in [3.63, 3.8) is 0 Å². The maximum absolute atomic E-state index is 12.5. The monoisotopic (exact) mass is 444 g/mol. The first-order valence-electron chi connectivity index (χ1n) is 12.2. The number of esters is 1. The molecule has 9 atom stereocenters. The molecule has 2 N–H and O–H groups in total. The van der Waals surface area contributed by atoms with Crippen molar-refractivity contribution in [2.75, 3.05) is 0 Å². The molecule has 0 amide bonds. The van der Waals surface area contributed by atoms with Gasteiger partial charge in [0.15, 0.2) is 0 Å². The molecule has 176 valence electrons. The van der Waals surface area contributed by atoms with Gasteiger partial charge in [0.2, 0.25) is 0 Å². The summed E-state index contributed by atoms with van der Waals surface area (Å²) in [5, 5.41) is 22.7. The minimum Gasteiger partial charge on any atom is -0.462 e. The number of aliphatic hydroxyl groups is 2. The molecule has 0 bridgehead atoms. The fourth-order valence-corrected chi connectivity index (χ4v) is 8.67. The fraction of sp³-hybridized carbons (Fsp3) is 0.769. The molecule has 0 spiro atoms. The van der Waals surface area contributed by atoms with Gasteiger partial charge in [-0.2, -0.15) is 0 Å². The Morgan fingerprint density at radius 3 is 2.59 bits per heavy atom. The van der Waals surface area contributed by atoms with Gasteiger partial charge in [0.1, 0.15) is 6.10 Å². The molecule has 0 saturated heterocycles. The smallest absolute Gasteiger partial charge is 0.335 e. The highest BCUT2D eigenvalue weighted by Crippen LogP contribution is 2.70. The van der Waals surface area contributed by atoms with Crippen LogP contribution >= 0.6 is 0 Å². The molecule has 4 fully saturated rings. The molecule has 0 radical (unpaired) electrons. The summed E-state index contributed by atoms with van der Waals surface area (Å²) in [6, 6.07) is 3.17. The molecule has 1 heterocycles. The van der Waals surface area contributed by atoms with Crippen LogP contribution in [0.1, 0.15) is 83.6 Å². The van der Waals surface area contributed by atoms with E-state index in [2.05, 4.69) is 13.8 Å². The minimum absolute atomic E-state index is 0.133. The van der Waals surface area contributed by atoms with Crippen molar-refractivity contribution in [2.24, 2.45) is 28.6 Å². The van der Waals surface area contributed by atoms with Crippen LogP contribution in [0.4, 0.5) is 0 Å². The van der Waals surface area contributed by atoms with Crippen LogP contribution in [0, 0.1) is 28.6 Å². The Morgan fingerprint density at radius 1 is 1.12 bits per heavy atom. The number of fused-ring (bicyclic) bond motifs is 5. The Kier molecular flexibility index (Phi) is 5.14. The van der Waals surface area contributed by atoms with Gasteiger partial charge in [-0.1, -0.05) is 13.8 Å². The fourth-order valence-electron chi connectivity index (χ4n) is 8.67. The zero-order chi connectivity index (χ0) is 22.9. The van der Waals surface area contributed by atoms with E-state index in [0.29, 0.717) is 18.3 Å². The third-order valence-corrected chi connectivity index (χ3v) is 10.2. The number of ether oxygens (including phenoxy) is 1. The predicted molar refractivity (Wildman–Crippen MR) is 118 cm³/mol. The second-order valence-corrected chi connectivity index (χ2v) is 11.5. The first-order chi connectivity index (χ1) is 15.1. The summed E-state index contributed by atoms with van der Waals surface area (Å²) in [7, 11) is 0. The van der Waals surface area contributed by atoms with Crippen LogP contribution in [0.3, 0.4) is 0 Å². The van der Waals surface area contributed by atoms with Crippen molar-refractivity contribution in [3.05, 3.63) is 34.4 Å². The highest BCUT2D eigenvalue weighted by Gasteiger charge is 2.70. The number of aliphatic hydroxyl groups excluding tert-OH is 1. The summed E-state index contributed by atoms with van der Waals surface area (Å²) >= 11 is 0. The van der Waals surface area contributed by atoms with E-state index in [1.165, 1.54) is 19.3 Å². The van der Waals surface area contributed by atoms with E-state index in [-0.39, 0.29) is 29.3 Å². The number of hydrogen-bond donors (Lipinski definition) is 2. The lowest BCUT2D eigenvalue weighted by Gasteiger charge is -2.63. The van der Waals surface area contributed by atoms with E-state index in [0.717, 1.165) is 50.5 Å². The van der Waals surface area contributed by atoms with Gasteiger partial charge < -0.3 is 19.4 Å². The van der Waals surface area contributed by atoms with Crippen molar-refractivity contribution in [1.29, 1.82) is 0 Å². The summed E-state index contributed by atoms with van der Waals surface area (Å²) in [6.07, 6.45) is 7.78. The molecule has 0 unspecified atom stereocenters. The summed E-state index contributed by atoms with van der Waals surface area (Å²) in [4.78, 5) is 23.6. The Morgan fingerprint density at radius 2 is 1.91 bits per heavy atom. The number of carbonyl (C=O) groups excluding carboxylic acids is 1. The maximum Gasteiger partial charge on any atom is 0.335 e. The van der Waals surface area contributed by atoms with Crippen molar-refractivity contribution < 1.29 is 24.2 Å². The van der Waals surface area contributed by atoms with Crippen LogP contribution in [-0.4, -0.2) is 34.0 Å². The van der Waals surface area contributed by atoms with Gasteiger partial charge >= 0.3 is 11.6 Å². The van der Waals surface area contributed by atoms with E-state index in [1.54, 1.807) is 6.07 Å². The van der Waals surface area contributed by atoms with Gasteiger partial charge in [0.25, 0.3) is 0 Å². The van der Waals surface area contributed by atoms with E-state index in [4.69, 9.17) is 9.15 Å². The second kappa shape index (κ2) is 7.42. The molecule has 32 heavy (non-hydrogen) atoms. The van der Waals surface area contributed by atoms with Crippen molar-refractivity contribution in [1.82, 2.24) is 0 Å². The first kappa shape index (κ1) is 22.1. The molecule has 1 aromatic heterocycles. The van der Waals surface area contributed by atoms with Crippen molar-refractivity contribution in [2.45, 2.75) is 95.9 Å². The Balaban J connectivity index is 1.55. The Labute approximate surface area is 189 Å². The maximum atomic E-state index is 12.5. The molecule has 5 rings (SSSR count). The molecule has 4 saturated carbocycles. The third kappa shape index (κ3) is 3.05. The molecule has 6 heteroatoms. The van der Waals surface area contributed by atoms with E-state index in [9.17, 15) is 19.8 Å². The number of rotatable bonds is 2. The van der Waals surface area contributed by atoms with Crippen molar-refractivity contribution >= 4 is 5.97 Å². The second-order valence-electron chi connectivity index (χ2n) is 11.5. The standard InChI is InChI=1S/C26H36O6/c1-15(27)32-21-13-26(30)20-6-5-17-12-18(28)8-10-24(17,2)19(20)9-11-25(26,3)23(21)16-4-7-22(29)31-14-16/h4,7,14,17-21,23,28,30H,5-6,8-13H2,1-3H3/t17-,18-,19+,20-,21-,23+,24-,25+,26-/m0/s1. The van der Waals surface area contributed by atoms with Gasteiger partial charge in [-0.3, -0.25) is 4.79 Å². The minimum atomic E-state index is -0.957. The average molecular weight is 445 g/mol. The van der Waals surface area contributed by atoms with Crippen LogP contribution in [0.5, 0.6) is 0 Å². The average Bonchev–Trinajstić information content (AvgIpc) is 2.95. The van der Waals surface area contributed by atoms with Crippen LogP contribution in [0.2, 0.25) is 0 Å². The van der Waals surface area contributed by atoms with Crippen molar-refractivity contribution in [3.8, 4) is 0 Å². The Hall–Kier alpha value is -1.66. The Bertz CT molecular complexity index is 935. The third-order valence-electron chi connectivity index (χ3n) is 10.2. The summed E-state index contributed by atoms with van der Waals surface area (Å²) in [6.45, 7) is 5.94. The molecule has 0 aromatic carbocycles. The van der Waals surface area contributed by atoms with Crippen LogP contribution in [-0.2, 0) is 9.53 Å². The lowest BCUT2D eigenvalue weighted by molar-refractivity contribution is -0.205. The summed E-state index contributed by atoms with van der Waals surface area (Å²) < 4.78 is 11.0. The molecule has 1 aromatic rings. The molecular formula is C26H36O6. The van der Waals surface area contributed by atoms with Gasteiger partial charge in [0, 0.05) is 30.7 Å². The normalized spacial score (nSPS) is 47.8. The van der Waals surface area contributed by atoms with E-state index < -0.39 is 22.7 Å². The molecule has 6 nitrogen and oxygen atoms in total. The summed E-state index contributed by atoms with van der Waals surface area (Å²) in [5.74, 6) is 0.469. The van der Waals surface area contributed by atoms with Gasteiger partial charge in [0.05, 0.1) is 18.0 Å². The number of hydrogen-bond acceptors (Lipinski definition) is 6. The van der Waals surface area contributed by atoms with Crippen LogP contribution in [0.25, 0.3) is 0 Å². The topological polar surface area (TPSA) is 97.0 Å². The van der Waals surface area contributed by atoms with Gasteiger partial charge in [-0.15, -0.1) is 0 Å². The van der Waals surface area contributed by atoms with E-state index in [1.807, 2.05) is 0 Å². The predicted octanol–water partition coefficient (Wildman–Crippen LogP) is 3.78. The molecular weight excluding hydrogens is 408 g/mol. The largest absolute Gasteiger partial charge is 0.462 e. The molecule has 4 aliphatic rings. The van der Waals surface area contributed by atoms with Gasteiger partial charge in [-0.25, -0.2) is 4.79 Å². The first-order valence-corrected chi connectivity index (χ1v) is 12.2. The van der Waals surface area contributed by atoms with Crippen LogP contribution in [0.15, 0.2) is 27.6 Å². The summed E-state index contributed by atoms with van der Waals surface area (Å²) in [5.41, 5.74) is -0.903. The zero-order valence-corrected chi connectivity index (χ0v) is 19.4. The SMILES string of the molecule is CC(=O)O[C@H]1C[C@]2(O)[C@H]3CC[C@H]4C[C@@H](O)CC[C@]4(C)[C@@H]3CC[C@]2(C)[C@@H]1c1ccc(=O)oc1. The van der Waals surface area contributed by atoms with E-state index >= 15 is 0 Å².